The number of carbonyl (C=O) groups is 1. The number of carbonyl (C=O) groups excluding carboxylic acids is 1. The van der Waals surface area contributed by atoms with Crippen molar-refractivity contribution in [1.82, 2.24) is 5.32 Å². The molecule has 1 N–H and O–H groups in total. The van der Waals surface area contributed by atoms with Crippen LogP contribution >= 0.6 is 11.6 Å². The molecule has 0 aliphatic heterocycles. The molecule has 24 heavy (non-hydrogen) atoms. The van der Waals surface area contributed by atoms with Gasteiger partial charge < -0.3 is 10.1 Å². The molecule has 0 spiro atoms. The summed E-state index contributed by atoms with van der Waals surface area (Å²) in [6.07, 6.45) is -0.779. The predicted molar refractivity (Wildman–Crippen MR) is 89.2 cm³/mol. The zero-order valence-electron chi connectivity index (χ0n) is 13.2. The maximum atomic E-state index is 12.9. The third kappa shape index (κ3) is 4.46. The SMILES string of the molecule is C[C@H](NC(=O)[C@@H](C)Oc1ccc(C#N)cc1Cl)c1ccc(F)cc1. The number of nitrogens with one attached hydrogen (secondary N) is 1. The summed E-state index contributed by atoms with van der Waals surface area (Å²) in [4.78, 5) is 12.2. The number of halogens is 2. The van der Waals surface area contributed by atoms with Crippen LogP contribution in [-0.2, 0) is 4.79 Å². The highest BCUT2D eigenvalue weighted by Crippen LogP contribution is 2.26. The Balaban J connectivity index is 1.99. The van der Waals surface area contributed by atoms with E-state index >= 15 is 0 Å². The molecule has 0 saturated carbocycles. The minimum Gasteiger partial charge on any atom is -0.479 e. The number of nitrogens with zero attached hydrogens (tertiary/aromatic N) is 1. The standard InChI is InChI=1S/C18H16ClFN2O2/c1-11(14-4-6-15(20)7-5-14)22-18(23)12(2)24-17-8-3-13(10-21)9-16(17)19/h3-9,11-12H,1-2H3,(H,22,23)/t11-,12+/m0/s1. The third-order valence-corrected chi connectivity index (χ3v) is 3.76. The minimum absolute atomic E-state index is 0.264. The molecule has 2 aromatic rings. The molecule has 2 atom stereocenters. The molecular formula is C18H16ClFN2O2. The molecule has 124 valence electrons. The molecule has 0 saturated heterocycles. The Morgan fingerprint density at radius 3 is 2.50 bits per heavy atom. The molecule has 6 heteroatoms. The van der Waals surface area contributed by atoms with E-state index in [-0.39, 0.29) is 22.8 Å². The summed E-state index contributed by atoms with van der Waals surface area (Å²) in [7, 11) is 0. The van der Waals surface area contributed by atoms with E-state index in [1.807, 2.05) is 6.07 Å². The first-order valence-corrected chi connectivity index (χ1v) is 7.70. The lowest BCUT2D eigenvalue weighted by Gasteiger charge is -2.19. The van der Waals surface area contributed by atoms with Gasteiger partial charge in [-0.15, -0.1) is 0 Å². The number of hydrogen-bond acceptors (Lipinski definition) is 3. The number of benzene rings is 2. The van der Waals surface area contributed by atoms with Crippen LogP contribution in [-0.4, -0.2) is 12.0 Å². The van der Waals surface area contributed by atoms with Crippen molar-refractivity contribution in [2.45, 2.75) is 26.0 Å². The van der Waals surface area contributed by atoms with Gasteiger partial charge in [-0.25, -0.2) is 4.39 Å². The fraction of sp³-hybridized carbons (Fsp3) is 0.222. The Kier molecular flexibility index (Phi) is 5.78. The van der Waals surface area contributed by atoms with Gasteiger partial charge in [0.15, 0.2) is 6.10 Å². The average molecular weight is 347 g/mol. The molecule has 0 radical (unpaired) electrons. The van der Waals surface area contributed by atoms with E-state index in [0.29, 0.717) is 11.3 Å². The average Bonchev–Trinajstić information content (AvgIpc) is 2.57. The van der Waals surface area contributed by atoms with Crippen molar-refractivity contribution in [2.75, 3.05) is 0 Å². The van der Waals surface area contributed by atoms with Gasteiger partial charge in [0.2, 0.25) is 0 Å². The normalized spacial score (nSPS) is 12.8. The van der Waals surface area contributed by atoms with Gasteiger partial charge in [-0.05, 0) is 49.7 Å². The largest absolute Gasteiger partial charge is 0.479 e. The van der Waals surface area contributed by atoms with Crippen LogP contribution in [0, 0.1) is 17.1 Å². The summed E-state index contributed by atoms with van der Waals surface area (Å²) in [5.74, 6) is -0.329. The van der Waals surface area contributed by atoms with E-state index in [9.17, 15) is 9.18 Å². The molecule has 4 nitrogen and oxygen atoms in total. The lowest BCUT2D eigenvalue weighted by Crippen LogP contribution is -2.37. The molecule has 2 aromatic carbocycles. The second-order valence-electron chi connectivity index (χ2n) is 5.30. The number of hydrogen-bond donors (Lipinski definition) is 1. The highest BCUT2D eigenvalue weighted by molar-refractivity contribution is 6.32. The zero-order valence-corrected chi connectivity index (χ0v) is 14.0. The maximum absolute atomic E-state index is 12.9. The van der Waals surface area contributed by atoms with E-state index in [0.717, 1.165) is 5.56 Å². The van der Waals surface area contributed by atoms with Gasteiger partial charge in [0, 0.05) is 0 Å². The van der Waals surface area contributed by atoms with Gasteiger partial charge in [0.05, 0.1) is 22.7 Å². The lowest BCUT2D eigenvalue weighted by molar-refractivity contribution is -0.127. The van der Waals surface area contributed by atoms with Crippen LogP contribution in [0.2, 0.25) is 5.02 Å². The molecule has 0 aliphatic carbocycles. The van der Waals surface area contributed by atoms with Gasteiger partial charge in [0.25, 0.3) is 5.91 Å². The van der Waals surface area contributed by atoms with Crippen LogP contribution in [0.15, 0.2) is 42.5 Å². The van der Waals surface area contributed by atoms with Crippen molar-refractivity contribution < 1.29 is 13.9 Å². The van der Waals surface area contributed by atoms with Gasteiger partial charge >= 0.3 is 0 Å². The number of rotatable bonds is 5. The Morgan fingerprint density at radius 2 is 1.92 bits per heavy atom. The molecule has 0 bridgehead atoms. The van der Waals surface area contributed by atoms with Crippen LogP contribution in [0.4, 0.5) is 4.39 Å². The molecule has 0 aliphatic rings. The quantitative estimate of drug-likeness (QED) is 0.890. The van der Waals surface area contributed by atoms with Gasteiger partial charge in [-0.3, -0.25) is 4.79 Å². The number of amides is 1. The third-order valence-electron chi connectivity index (χ3n) is 3.46. The lowest BCUT2D eigenvalue weighted by atomic mass is 10.1. The fourth-order valence-electron chi connectivity index (χ4n) is 2.08. The summed E-state index contributed by atoms with van der Waals surface area (Å²) >= 11 is 6.03. The Bertz CT molecular complexity index is 772. The van der Waals surface area contributed by atoms with Crippen LogP contribution in [0.5, 0.6) is 5.75 Å². The number of nitriles is 1. The second-order valence-corrected chi connectivity index (χ2v) is 5.71. The molecular weight excluding hydrogens is 331 g/mol. The Labute approximate surface area is 144 Å². The topological polar surface area (TPSA) is 62.1 Å². The monoisotopic (exact) mass is 346 g/mol. The van der Waals surface area contributed by atoms with Crippen molar-refractivity contribution in [3.8, 4) is 11.8 Å². The van der Waals surface area contributed by atoms with Crippen molar-refractivity contribution in [3.63, 3.8) is 0 Å². The predicted octanol–water partition coefficient (Wildman–Crippen LogP) is 4.00. The van der Waals surface area contributed by atoms with E-state index in [1.165, 1.54) is 18.2 Å². The zero-order chi connectivity index (χ0) is 17.7. The first-order chi connectivity index (χ1) is 11.4. The van der Waals surface area contributed by atoms with Crippen molar-refractivity contribution >= 4 is 17.5 Å². The van der Waals surface area contributed by atoms with Crippen molar-refractivity contribution in [2.24, 2.45) is 0 Å². The van der Waals surface area contributed by atoms with E-state index in [1.54, 1.807) is 38.1 Å². The summed E-state index contributed by atoms with van der Waals surface area (Å²) in [5.41, 5.74) is 1.20. The van der Waals surface area contributed by atoms with Crippen molar-refractivity contribution in [1.29, 1.82) is 5.26 Å². The molecule has 0 aromatic heterocycles. The van der Waals surface area contributed by atoms with E-state index in [4.69, 9.17) is 21.6 Å². The molecule has 0 unspecified atom stereocenters. The second kappa shape index (κ2) is 7.80. The smallest absolute Gasteiger partial charge is 0.261 e. The van der Waals surface area contributed by atoms with Crippen LogP contribution < -0.4 is 10.1 Å². The Hall–Kier alpha value is -2.58. The molecule has 0 fully saturated rings. The summed E-state index contributed by atoms with van der Waals surface area (Å²) < 4.78 is 18.5. The van der Waals surface area contributed by atoms with E-state index < -0.39 is 6.10 Å². The van der Waals surface area contributed by atoms with Gasteiger partial charge in [0.1, 0.15) is 11.6 Å². The minimum atomic E-state index is -0.779. The van der Waals surface area contributed by atoms with Crippen LogP contribution in [0.1, 0.15) is 31.0 Å². The molecule has 2 rings (SSSR count). The number of ether oxygens (including phenoxy) is 1. The van der Waals surface area contributed by atoms with E-state index in [2.05, 4.69) is 5.32 Å². The molecule has 1 amide bonds. The Morgan fingerprint density at radius 1 is 1.25 bits per heavy atom. The summed E-state index contributed by atoms with van der Waals surface area (Å²) in [5, 5.41) is 11.9. The van der Waals surface area contributed by atoms with Crippen LogP contribution in [0.3, 0.4) is 0 Å². The first-order valence-electron chi connectivity index (χ1n) is 7.33. The summed E-state index contributed by atoms with van der Waals surface area (Å²) in [6, 6.07) is 12.2. The van der Waals surface area contributed by atoms with Crippen LogP contribution in [0.25, 0.3) is 0 Å². The first kappa shape index (κ1) is 17.8. The van der Waals surface area contributed by atoms with Gasteiger partial charge in [-0.2, -0.15) is 5.26 Å². The van der Waals surface area contributed by atoms with Crippen molar-refractivity contribution in [3.05, 3.63) is 64.4 Å². The van der Waals surface area contributed by atoms with Gasteiger partial charge in [-0.1, -0.05) is 23.7 Å². The fourth-order valence-corrected chi connectivity index (χ4v) is 2.30. The highest BCUT2D eigenvalue weighted by atomic mass is 35.5. The summed E-state index contributed by atoms with van der Waals surface area (Å²) in [6.45, 7) is 3.40. The molecule has 0 heterocycles. The maximum Gasteiger partial charge on any atom is 0.261 e. The highest BCUT2D eigenvalue weighted by Gasteiger charge is 2.19.